The molecule has 1 atom stereocenters. The van der Waals surface area contributed by atoms with E-state index in [2.05, 4.69) is 18.7 Å². The highest BCUT2D eigenvalue weighted by Gasteiger charge is 2.37. The molecule has 0 bridgehead atoms. The topological polar surface area (TPSA) is 69.9 Å². The SMILES string of the molecule is CC(C)[C@H]1CN(C(c2ccc(F)cc2)c2ccc(F)cc2)CCN1C(=O)CC1CCN(C(N)=O)CC1. The number of rotatable bonds is 6. The van der Waals surface area contributed by atoms with E-state index in [4.69, 9.17) is 5.73 Å². The van der Waals surface area contributed by atoms with Crippen LogP contribution in [0.15, 0.2) is 48.5 Å². The Labute approximate surface area is 212 Å². The third-order valence-electron chi connectivity index (χ3n) is 7.67. The summed E-state index contributed by atoms with van der Waals surface area (Å²) in [6, 6.07) is 12.4. The maximum atomic E-state index is 13.7. The molecule has 194 valence electrons. The number of halogens is 2. The molecule has 0 spiro atoms. The lowest BCUT2D eigenvalue weighted by molar-refractivity contribution is -0.139. The highest BCUT2D eigenvalue weighted by Crippen LogP contribution is 2.33. The van der Waals surface area contributed by atoms with E-state index in [-0.39, 0.29) is 41.5 Å². The van der Waals surface area contributed by atoms with E-state index in [1.54, 1.807) is 29.2 Å². The zero-order chi connectivity index (χ0) is 25.8. The minimum Gasteiger partial charge on any atom is -0.351 e. The minimum absolute atomic E-state index is 0.0281. The van der Waals surface area contributed by atoms with Gasteiger partial charge in [0.15, 0.2) is 0 Å². The molecule has 0 aliphatic carbocycles. The second kappa shape index (κ2) is 11.4. The first-order valence-corrected chi connectivity index (χ1v) is 12.8. The lowest BCUT2D eigenvalue weighted by atomic mass is 9.90. The van der Waals surface area contributed by atoms with Crippen molar-refractivity contribution >= 4 is 11.9 Å². The van der Waals surface area contributed by atoms with Gasteiger partial charge in [0.1, 0.15) is 11.6 Å². The standard InChI is InChI=1S/C28H36F2N4O2/c1-19(2)25-18-33(15-16-34(25)26(35)17-20-11-13-32(14-12-20)28(31)36)27(21-3-7-23(29)8-4-21)22-5-9-24(30)10-6-22/h3-10,19-20,25,27H,11-18H2,1-2H3,(H2,31,36)/t25-/m1/s1. The first-order valence-electron chi connectivity index (χ1n) is 12.8. The Bertz CT molecular complexity index is 991. The molecule has 2 aliphatic rings. The van der Waals surface area contributed by atoms with E-state index in [0.717, 1.165) is 24.0 Å². The number of urea groups is 1. The minimum atomic E-state index is -0.396. The second-order valence-corrected chi connectivity index (χ2v) is 10.4. The molecule has 2 aromatic rings. The van der Waals surface area contributed by atoms with Crippen LogP contribution in [0.3, 0.4) is 0 Å². The molecule has 2 saturated heterocycles. The number of piperidine rings is 1. The molecular weight excluding hydrogens is 462 g/mol. The first-order chi connectivity index (χ1) is 17.2. The summed E-state index contributed by atoms with van der Waals surface area (Å²) in [5.74, 6) is 0.0640. The van der Waals surface area contributed by atoms with E-state index < -0.39 is 6.03 Å². The Kier molecular flexibility index (Phi) is 8.24. The van der Waals surface area contributed by atoms with Gasteiger partial charge in [-0.25, -0.2) is 13.6 Å². The lowest BCUT2D eigenvalue weighted by Gasteiger charge is -2.47. The molecule has 3 amide bonds. The van der Waals surface area contributed by atoms with Gasteiger partial charge in [-0.05, 0) is 60.1 Å². The fourth-order valence-corrected chi connectivity index (χ4v) is 5.57. The van der Waals surface area contributed by atoms with Crippen molar-refractivity contribution < 1.29 is 18.4 Å². The lowest BCUT2D eigenvalue weighted by Crippen LogP contribution is -2.58. The highest BCUT2D eigenvalue weighted by atomic mass is 19.1. The number of hydrogen-bond donors (Lipinski definition) is 1. The van der Waals surface area contributed by atoms with Crippen molar-refractivity contribution in [2.75, 3.05) is 32.7 Å². The van der Waals surface area contributed by atoms with Gasteiger partial charge in [0.25, 0.3) is 0 Å². The van der Waals surface area contributed by atoms with Crippen molar-refractivity contribution in [3.63, 3.8) is 0 Å². The molecule has 6 nitrogen and oxygen atoms in total. The van der Waals surface area contributed by atoms with Crippen molar-refractivity contribution in [2.24, 2.45) is 17.6 Å². The Morgan fingerprint density at radius 1 is 0.889 bits per heavy atom. The van der Waals surface area contributed by atoms with Crippen LogP contribution >= 0.6 is 0 Å². The van der Waals surface area contributed by atoms with Crippen LogP contribution < -0.4 is 5.73 Å². The highest BCUT2D eigenvalue weighted by molar-refractivity contribution is 5.77. The average molecular weight is 499 g/mol. The second-order valence-electron chi connectivity index (χ2n) is 10.4. The molecule has 2 N–H and O–H groups in total. The maximum absolute atomic E-state index is 13.7. The van der Waals surface area contributed by atoms with Crippen molar-refractivity contribution in [3.8, 4) is 0 Å². The van der Waals surface area contributed by atoms with E-state index in [1.165, 1.54) is 24.3 Å². The van der Waals surface area contributed by atoms with Gasteiger partial charge in [-0.1, -0.05) is 38.1 Å². The quantitative estimate of drug-likeness (QED) is 0.642. The van der Waals surface area contributed by atoms with Crippen LogP contribution in [0, 0.1) is 23.5 Å². The Hall–Kier alpha value is -3.00. The van der Waals surface area contributed by atoms with E-state index >= 15 is 0 Å². The van der Waals surface area contributed by atoms with Gasteiger partial charge in [-0.3, -0.25) is 9.69 Å². The van der Waals surface area contributed by atoms with Gasteiger partial charge in [-0.15, -0.1) is 0 Å². The molecule has 4 rings (SSSR count). The van der Waals surface area contributed by atoms with Crippen LogP contribution in [0.1, 0.15) is 50.3 Å². The molecular formula is C28H36F2N4O2. The molecule has 0 radical (unpaired) electrons. The molecule has 0 aromatic heterocycles. The number of hydrogen-bond acceptors (Lipinski definition) is 3. The molecule has 8 heteroatoms. The summed E-state index contributed by atoms with van der Waals surface area (Å²) in [6.07, 6.45) is 2.06. The normalized spacial score (nSPS) is 19.8. The molecule has 2 aliphatic heterocycles. The summed E-state index contributed by atoms with van der Waals surface area (Å²) in [4.78, 5) is 30.8. The van der Waals surface area contributed by atoms with Crippen LogP contribution in [0.25, 0.3) is 0 Å². The van der Waals surface area contributed by atoms with Gasteiger partial charge < -0.3 is 15.5 Å². The zero-order valence-corrected chi connectivity index (χ0v) is 21.1. The summed E-state index contributed by atoms with van der Waals surface area (Å²) in [7, 11) is 0. The number of benzene rings is 2. The third kappa shape index (κ3) is 6.03. The van der Waals surface area contributed by atoms with Gasteiger partial charge in [0, 0.05) is 45.2 Å². The van der Waals surface area contributed by atoms with Crippen LogP contribution in [-0.4, -0.2) is 65.4 Å². The monoisotopic (exact) mass is 498 g/mol. The molecule has 2 fully saturated rings. The third-order valence-corrected chi connectivity index (χ3v) is 7.67. The van der Waals surface area contributed by atoms with Crippen molar-refractivity contribution in [2.45, 2.75) is 45.2 Å². The van der Waals surface area contributed by atoms with Gasteiger partial charge in [0.2, 0.25) is 5.91 Å². The predicted octanol–water partition coefficient (Wildman–Crippen LogP) is 4.40. The fraction of sp³-hybridized carbons (Fsp3) is 0.500. The first kappa shape index (κ1) is 26.1. The van der Waals surface area contributed by atoms with Crippen molar-refractivity contribution in [1.29, 1.82) is 0 Å². The Morgan fingerprint density at radius 2 is 1.42 bits per heavy atom. The number of likely N-dealkylation sites (tertiary alicyclic amines) is 1. The summed E-state index contributed by atoms with van der Waals surface area (Å²) in [6.45, 7) is 7.39. The van der Waals surface area contributed by atoms with Gasteiger partial charge in [0.05, 0.1) is 6.04 Å². The molecule has 0 unspecified atom stereocenters. The molecule has 0 saturated carbocycles. The number of nitrogens with two attached hydrogens (primary N) is 1. The van der Waals surface area contributed by atoms with Gasteiger partial charge >= 0.3 is 6.03 Å². The summed E-state index contributed by atoms with van der Waals surface area (Å²) < 4.78 is 27.4. The zero-order valence-electron chi connectivity index (χ0n) is 21.1. The predicted molar refractivity (Wildman–Crippen MR) is 135 cm³/mol. The van der Waals surface area contributed by atoms with E-state index in [1.807, 2.05) is 4.90 Å². The largest absolute Gasteiger partial charge is 0.351 e. The number of primary amides is 1. The Morgan fingerprint density at radius 3 is 1.89 bits per heavy atom. The summed E-state index contributed by atoms with van der Waals surface area (Å²) >= 11 is 0. The van der Waals surface area contributed by atoms with Crippen molar-refractivity contribution in [3.05, 3.63) is 71.3 Å². The number of carbonyl (C=O) groups is 2. The smallest absolute Gasteiger partial charge is 0.314 e. The molecule has 2 aromatic carbocycles. The fourth-order valence-electron chi connectivity index (χ4n) is 5.57. The molecule has 36 heavy (non-hydrogen) atoms. The van der Waals surface area contributed by atoms with Crippen LogP contribution in [0.2, 0.25) is 0 Å². The van der Waals surface area contributed by atoms with E-state index in [9.17, 15) is 18.4 Å². The van der Waals surface area contributed by atoms with Crippen LogP contribution in [-0.2, 0) is 4.79 Å². The number of carbonyl (C=O) groups excluding carboxylic acids is 2. The molecule has 2 heterocycles. The van der Waals surface area contributed by atoms with Gasteiger partial charge in [-0.2, -0.15) is 0 Å². The number of amides is 3. The van der Waals surface area contributed by atoms with Crippen molar-refractivity contribution in [1.82, 2.24) is 14.7 Å². The number of nitrogens with zero attached hydrogens (tertiary/aromatic N) is 3. The summed E-state index contributed by atoms with van der Waals surface area (Å²) in [5, 5.41) is 0. The van der Waals surface area contributed by atoms with E-state index in [0.29, 0.717) is 39.1 Å². The van der Waals surface area contributed by atoms with Crippen LogP contribution in [0.5, 0.6) is 0 Å². The summed E-state index contributed by atoms with van der Waals surface area (Å²) in [5.41, 5.74) is 7.26. The maximum Gasteiger partial charge on any atom is 0.314 e. The Balaban J connectivity index is 1.49. The number of piperazine rings is 1. The van der Waals surface area contributed by atoms with Crippen LogP contribution in [0.4, 0.5) is 13.6 Å². The average Bonchev–Trinajstić information content (AvgIpc) is 2.86.